The van der Waals surface area contributed by atoms with Gasteiger partial charge >= 0.3 is 0 Å². The molecule has 48 valence electrons. The lowest BCUT2D eigenvalue weighted by Gasteiger charge is -1.96. The molecule has 0 aromatic heterocycles. The Morgan fingerprint density at radius 1 is 1.62 bits per heavy atom. The molecule has 0 atom stereocenters. The van der Waals surface area contributed by atoms with E-state index in [-0.39, 0.29) is 0 Å². The summed E-state index contributed by atoms with van der Waals surface area (Å²) >= 11 is 1.55. The van der Waals surface area contributed by atoms with E-state index in [1.54, 1.807) is 11.9 Å². The second kappa shape index (κ2) is 6.78. The maximum absolute atomic E-state index is 9.62. The molecule has 0 saturated carbocycles. The van der Waals surface area contributed by atoms with Gasteiger partial charge in [0.1, 0.15) is 0 Å². The minimum atomic E-state index is 0.696. The van der Waals surface area contributed by atoms with Crippen molar-refractivity contribution in [3.8, 4) is 0 Å². The highest BCUT2D eigenvalue weighted by atomic mass is 32.2. The van der Waals surface area contributed by atoms with Gasteiger partial charge in [-0.15, -0.1) is 0 Å². The molecule has 0 aliphatic carbocycles. The number of carbonyl (C=O) groups excluding carboxylic acids is 1. The summed E-state index contributed by atoms with van der Waals surface area (Å²) in [6, 6.07) is 0. The summed E-state index contributed by atoms with van der Waals surface area (Å²) in [6.45, 7) is 1.52. The highest BCUT2D eigenvalue weighted by Crippen LogP contribution is 1.76. The van der Waals surface area contributed by atoms with Crippen molar-refractivity contribution in [1.82, 2.24) is 10.0 Å². The van der Waals surface area contributed by atoms with E-state index in [4.69, 9.17) is 0 Å². The van der Waals surface area contributed by atoms with Crippen LogP contribution in [-0.4, -0.2) is 25.8 Å². The Bertz CT molecular complexity index is 60.0. The SMILES string of the molecule is CSNCCNC=O. The molecule has 0 spiro atoms. The molecule has 0 aliphatic heterocycles. The highest BCUT2D eigenvalue weighted by Gasteiger charge is 1.78. The van der Waals surface area contributed by atoms with Gasteiger partial charge in [0.05, 0.1) is 0 Å². The Morgan fingerprint density at radius 2 is 2.38 bits per heavy atom. The lowest BCUT2D eigenvalue weighted by molar-refractivity contribution is -0.109. The fourth-order valence-electron chi connectivity index (χ4n) is 0.284. The van der Waals surface area contributed by atoms with Gasteiger partial charge in [0.25, 0.3) is 0 Å². The molecule has 0 saturated heterocycles. The van der Waals surface area contributed by atoms with Crippen LogP contribution in [-0.2, 0) is 4.79 Å². The van der Waals surface area contributed by atoms with Crippen molar-refractivity contribution < 1.29 is 4.79 Å². The van der Waals surface area contributed by atoms with Crippen molar-refractivity contribution in [3.05, 3.63) is 0 Å². The molecular weight excluding hydrogens is 124 g/mol. The first-order valence-corrected chi connectivity index (χ1v) is 3.57. The van der Waals surface area contributed by atoms with Crippen molar-refractivity contribution in [1.29, 1.82) is 0 Å². The van der Waals surface area contributed by atoms with Crippen LogP contribution < -0.4 is 10.0 Å². The summed E-state index contributed by atoms with van der Waals surface area (Å²) in [5.41, 5.74) is 0. The molecule has 0 heterocycles. The van der Waals surface area contributed by atoms with Gasteiger partial charge in [0, 0.05) is 13.1 Å². The van der Waals surface area contributed by atoms with Crippen LogP contribution in [0.15, 0.2) is 0 Å². The van der Waals surface area contributed by atoms with Crippen LogP contribution in [0.1, 0.15) is 0 Å². The number of amides is 1. The number of nitrogens with one attached hydrogen (secondary N) is 2. The van der Waals surface area contributed by atoms with Gasteiger partial charge < -0.3 is 5.32 Å². The molecule has 0 unspecified atom stereocenters. The minimum Gasteiger partial charge on any atom is -0.357 e. The third-order valence-corrected chi connectivity index (χ3v) is 1.09. The summed E-state index contributed by atoms with van der Waals surface area (Å²) in [5.74, 6) is 0. The van der Waals surface area contributed by atoms with Crippen LogP contribution in [0.5, 0.6) is 0 Å². The van der Waals surface area contributed by atoms with E-state index < -0.39 is 0 Å². The first-order chi connectivity index (χ1) is 3.91. The van der Waals surface area contributed by atoms with Crippen LogP contribution >= 0.6 is 11.9 Å². The predicted octanol–water partition coefficient (Wildman–Crippen LogP) is -0.400. The van der Waals surface area contributed by atoms with Crippen LogP contribution in [0, 0.1) is 0 Å². The van der Waals surface area contributed by atoms with Gasteiger partial charge in [-0.25, -0.2) is 0 Å². The summed E-state index contributed by atoms with van der Waals surface area (Å²) in [6.07, 6.45) is 2.64. The Kier molecular flexibility index (Phi) is 6.59. The third kappa shape index (κ3) is 5.78. The molecule has 0 fully saturated rings. The Labute approximate surface area is 53.4 Å². The molecule has 0 aromatic carbocycles. The summed E-state index contributed by atoms with van der Waals surface area (Å²) in [4.78, 5) is 9.62. The van der Waals surface area contributed by atoms with Crippen LogP contribution in [0.3, 0.4) is 0 Å². The van der Waals surface area contributed by atoms with Crippen molar-refractivity contribution in [2.24, 2.45) is 0 Å². The van der Waals surface area contributed by atoms with Gasteiger partial charge in [0.15, 0.2) is 0 Å². The van der Waals surface area contributed by atoms with Crippen molar-refractivity contribution >= 4 is 18.4 Å². The number of hydrogen-bond donors (Lipinski definition) is 2. The minimum absolute atomic E-state index is 0.696. The van der Waals surface area contributed by atoms with Gasteiger partial charge in [-0.2, -0.15) is 0 Å². The second-order valence-corrected chi connectivity index (χ2v) is 1.87. The quantitative estimate of drug-likeness (QED) is 0.305. The Morgan fingerprint density at radius 3 is 2.88 bits per heavy atom. The Hall–Kier alpha value is -0.220. The third-order valence-electron chi connectivity index (χ3n) is 0.599. The standard InChI is InChI=1S/C4H10N2OS/c1-8-6-3-2-5-4-7/h4,6H,2-3H2,1H3,(H,5,7). The smallest absolute Gasteiger partial charge is 0.207 e. The highest BCUT2D eigenvalue weighted by molar-refractivity contribution is 7.96. The summed E-state index contributed by atoms with van der Waals surface area (Å²) in [7, 11) is 0. The van der Waals surface area contributed by atoms with Crippen LogP contribution in [0.2, 0.25) is 0 Å². The van der Waals surface area contributed by atoms with E-state index in [0.29, 0.717) is 13.0 Å². The van der Waals surface area contributed by atoms with Crippen LogP contribution in [0.25, 0.3) is 0 Å². The van der Waals surface area contributed by atoms with E-state index in [2.05, 4.69) is 10.0 Å². The number of rotatable bonds is 5. The number of hydrogen-bond acceptors (Lipinski definition) is 3. The van der Waals surface area contributed by atoms with Crippen molar-refractivity contribution in [3.63, 3.8) is 0 Å². The molecule has 8 heavy (non-hydrogen) atoms. The normalized spacial score (nSPS) is 8.62. The molecule has 4 heteroatoms. The lowest BCUT2D eigenvalue weighted by atomic mass is 10.7. The topological polar surface area (TPSA) is 41.1 Å². The Balaban J connectivity index is 2.62. The first-order valence-electron chi connectivity index (χ1n) is 2.34. The van der Waals surface area contributed by atoms with E-state index in [0.717, 1.165) is 6.54 Å². The van der Waals surface area contributed by atoms with E-state index in [1.165, 1.54) is 0 Å². The van der Waals surface area contributed by atoms with Crippen molar-refractivity contribution in [2.45, 2.75) is 0 Å². The van der Waals surface area contributed by atoms with E-state index in [9.17, 15) is 4.79 Å². The van der Waals surface area contributed by atoms with Gasteiger partial charge in [-0.1, -0.05) is 11.9 Å². The molecule has 2 N–H and O–H groups in total. The van der Waals surface area contributed by atoms with Gasteiger partial charge in [-0.3, -0.25) is 9.52 Å². The maximum atomic E-state index is 9.62. The molecule has 0 rings (SSSR count). The molecule has 0 bridgehead atoms. The maximum Gasteiger partial charge on any atom is 0.207 e. The predicted molar refractivity (Wildman–Crippen MR) is 35.6 cm³/mol. The van der Waals surface area contributed by atoms with E-state index in [1.807, 2.05) is 6.26 Å². The molecule has 3 nitrogen and oxygen atoms in total. The van der Waals surface area contributed by atoms with Crippen LogP contribution in [0.4, 0.5) is 0 Å². The molecule has 1 amide bonds. The molecule has 0 aliphatic rings. The fraction of sp³-hybridized carbons (Fsp3) is 0.750. The average molecular weight is 134 g/mol. The average Bonchev–Trinajstić information content (AvgIpc) is 1.81. The zero-order valence-corrected chi connectivity index (χ0v) is 5.62. The number of carbonyl (C=O) groups is 1. The monoisotopic (exact) mass is 134 g/mol. The van der Waals surface area contributed by atoms with Gasteiger partial charge in [0.2, 0.25) is 6.41 Å². The first kappa shape index (κ1) is 7.78. The van der Waals surface area contributed by atoms with Crippen molar-refractivity contribution in [2.75, 3.05) is 19.3 Å². The van der Waals surface area contributed by atoms with Gasteiger partial charge in [-0.05, 0) is 6.26 Å². The largest absolute Gasteiger partial charge is 0.357 e. The molecule has 0 aromatic rings. The zero-order valence-electron chi connectivity index (χ0n) is 4.81. The summed E-state index contributed by atoms with van der Waals surface area (Å²) in [5, 5.41) is 2.53. The molecular formula is C4H10N2OS. The van der Waals surface area contributed by atoms with E-state index >= 15 is 0 Å². The molecule has 0 radical (unpaired) electrons. The second-order valence-electron chi connectivity index (χ2n) is 1.17. The summed E-state index contributed by atoms with van der Waals surface area (Å²) < 4.78 is 2.98. The lowest BCUT2D eigenvalue weighted by Crippen LogP contribution is -2.21. The fourth-order valence-corrected chi connectivity index (χ4v) is 0.590. The zero-order chi connectivity index (χ0) is 6.24.